The molecule has 0 saturated carbocycles. The second kappa shape index (κ2) is 7.22. The number of halogens is 3. The number of hydrogen-bond donors (Lipinski definition) is 3. The zero-order valence-electron chi connectivity index (χ0n) is 9.99. The fourth-order valence-corrected chi connectivity index (χ4v) is 5.58. The van der Waals surface area contributed by atoms with Crippen molar-refractivity contribution in [2.75, 3.05) is 12.3 Å². The fraction of sp³-hybridized carbons (Fsp3) is 0.0909. The molecule has 108 valence electrons. The molecule has 0 aliphatic rings. The topological polar surface area (TPSA) is 110 Å². The molecule has 0 aromatic heterocycles. The lowest BCUT2D eigenvalue weighted by molar-refractivity contribution is -0.0495. The molecule has 0 aliphatic heterocycles. The van der Waals surface area contributed by atoms with E-state index in [0.29, 0.717) is 15.8 Å². The van der Waals surface area contributed by atoms with E-state index in [-0.39, 0.29) is 23.4 Å². The second-order valence-corrected chi connectivity index (χ2v) is 6.88. The number of benzene rings is 1. The lowest BCUT2D eigenvalue weighted by Crippen LogP contribution is -2.30. The Morgan fingerprint density at radius 3 is 2.15 bits per heavy atom. The highest BCUT2D eigenvalue weighted by Gasteiger charge is 2.27. The predicted molar refractivity (Wildman–Crippen MR) is 101 cm³/mol. The average Bonchev–Trinajstić information content (AvgIpc) is 2.36. The van der Waals surface area contributed by atoms with Crippen molar-refractivity contribution in [1.29, 1.82) is 0 Å². The molecule has 1 rings (SSSR count). The number of hydrogen-bond acceptors (Lipinski definition) is 4. The first-order valence-corrected chi connectivity index (χ1v) is 8.35. The number of nitrogens with zero attached hydrogens (tertiary/aromatic N) is 1. The van der Waals surface area contributed by atoms with Crippen LogP contribution in [0.25, 0.3) is 0 Å². The van der Waals surface area contributed by atoms with E-state index in [9.17, 15) is 14.8 Å². The van der Waals surface area contributed by atoms with E-state index < -0.39 is 11.8 Å². The van der Waals surface area contributed by atoms with Gasteiger partial charge in [-0.2, -0.15) is 0 Å². The summed E-state index contributed by atoms with van der Waals surface area (Å²) < 4.78 is 1.33. The summed E-state index contributed by atoms with van der Waals surface area (Å²) in [6, 6.07) is 0. The van der Waals surface area contributed by atoms with Crippen molar-refractivity contribution in [2.24, 2.45) is 5.73 Å². The van der Waals surface area contributed by atoms with E-state index in [4.69, 9.17) is 11.5 Å². The first-order valence-electron chi connectivity index (χ1n) is 5.11. The number of amides is 2. The van der Waals surface area contributed by atoms with Crippen LogP contribution in [0.5, 0.6) is 0 Å². The maximum absolute atomic E-state index is 12.2. The quantitative estimate of drug-likeness (QED) is 0.159. The Balaban J connectivity index is 3.59. The molecule has 0 saturated heterocycles. The van der Waals surface area contributed by atoms with Gasteiger partial charge in [0.25, 0.3) is 11.8 Å². The molecule has 0 fully saturated rings. The number of rotatable bonds is 4. The van der Waals surface area contributed by atoms with Crippen molar-refractivity contribution < 1.29 is 14.8 Å². The van der Waals surface area contributed by atoms with Gasteiger partial charge in [0.2, 0.25) is 0 Å². The summed E-state index contributed by atoms with van der Waals surface area (Å²) in [5.74, 6) is -1.34. The number of carbonyl (C=O) groups is 2. The highest BCUT2D eigenvalue weighted by molar-refractivity contribution is 14.1. The van der Waals surface area contributed by atoms with Crippen LogP contribution >= 0.6 is 67.8 Å². The van der Waals surface area contributed by atoms with Crippen molar-refractivity contribution in [2.45, 2.75) is 0 Å². The van der Waals surface area contributed by atoms with Crippen LogP contribution in [0.15, 0.2) is 12.7 Å². The molecule has 20 heavy (non-hydrogen) atoms. The van der Waals surface area contributed by atoms with Crippen LogP contribution in [0.4, 0.5) is 5.69 Å². The summed E-state index contributed by atoms with van der Waals surface area (Å²) in [6.07, 6.45) is 1.38. The third kappa shape index (κ3) is 3.36. The summed E-state index contributed by atoms with van der Waals surface area (Å²) >= 11 is 5.66. The summed E-state index contributed by atoms with van der Waals surface area (Å²) in [5.41, 5.74) is 11.9. The summed E-state index contributed by atoms with van der Waals surface area (Å²) in [4.78, 5) is 23.8. The summed E-state index contributed by atoms with van der Waals surface area (Å²) in [6.45, 7) is 3.40. The molecule has 6 nitrogen and oxygen atoms in total. The predicted octanol–water partition coefficient (Wildman–Crippen LogP) is 2.20. The number of anilines is 1. The molecule has 1 aromatic rings. The van der Waals surface area contributed by atoms with Gasteiger partial charge >= 0.3 is 0 Å². The van der Waals surface area contributed by atoms with E-state index in [1.54, 1.807) is 0 Å². The monoisotopic (exact) mass is 613 g/mol. The number of nitrogens with two attached hydrogens (primary N) is 2. The second-order valence-electron chi connectivity index (χ2n) is 3.65. The molecular formula is C11H10I3N3O3. The minimum Gasteiger partial charge on any atom is -0.397 e. The normalized spacial score (nSPS) is 10.2. The molecule has 0 radical (unpaired) electrons. The number of carbonyl (C=O) groups excluding carboxylic acids is 2. The van der Waals surface area contributed by atoms with E-state index in [0.717, 1.165) is 0 Å². The van der Waals surface area contributed by atoms with E-state index in [1.807, 2.05) is 67.8 Å². The van der Waals surface area contributed by atoms with Gasteiger partial charge in [0.05, 0.1) is 30.5 Å². The first kappa shape index (κ1) is 17.9. The van der Waals surface area contributed by atoms with Gasteiger partial charge in [-0.25, -0.2) is 5.06 Å². The zero-order valence-corrected chi connectivity index (χ0v) is 16.5. The van der Waals surface area contributed by atoms with Crippen LogP contribution in [0, 0.1) is 10.7 Å². The lowest BCUT2D eigenvalue weighted by Gasteiger charge is -2.18. The highest BCUT2D eigenvalue weighted by atomic mass is 127. The molecule has 0 heterocycles. The van der Waals surface area contributed by atoms with Gasteiger partial charge in [0, 0.05) is 3.57 Å². The molecule has 5 N–H and O–H groups in total. The van der Waals surface area contributed by atoms with Crippen LogP contribution in [-0.4, -0.2) is 28.6 Å². The van der Waals surface area contributed by atoms with Gasteiger partial charge < -0.3 is 11.5 Å². The van der Waals surface area contributed by atoms with Gasteiger partial charge in [0.15, 0.2) is 0 Å². The molecule has 0 bridgehead atoms. The van der Waals surface area contributed by atoms with Gasteiger partial charge in [-0.3, -0.25) is 14.8 Å². The van der Waals surface area contributed by atoms with E-state index >= 15 is 0 Å². The Labute approximate surface area is 156 Å². The SMILES string of the molecule is C=CCN(O)C(=O)c1c(I)c(N)c(I)c(C(N)=O)c1I. The Morgan fingerprint density at radius 2 is 1.70 bits per heavy atom. The number of nitrogen functional groups attached to an aromatic ring is 1. The molecule has 1 aromatic carbocycles. The standard InChI is InChI=1S/C11H10I3N3O3/c1-2-3-17(20)11(19)5-6(12)4(10(16)18)7(13)9(15)8(5)14/h2,20H,1,3,15H2,(H2,16,18). The van der Waals surface area contributed by atoms with Crippen molar-refractivity contribution in [3.63, 3.8) is 0 Å². The van der Waals surface area contributed by atoms with Crippen LogP contribution in [-0.2, 0) is 0 Å². The maximum atomic E-state index is 12.2. The molecule has 0 unspecified atom stereocenters. The molecule has 0 atom stereocenters. The van der Waals surface area contributed by atoms with Crippen molar-refractivity contribution >= 4 is 85.3 Å². The first-order chi connectivity index (χ1) is 9.23. The minimum atomic E-state index is -0.677. The van der Waals surface area contributed by atoms with Crippen LogP contribution in [0.1, 0.15) is 20.7 Å². The summed E-state index contributed by atoms with van der Waals surface area (Å²) in [5, 5.41) is 10.2. The smallest absolute Gasteiger partial charge is 0.279 e. The lowest BCUT2D eigenvalue weighted by atomic mass is 10.1. The average molecular weight is 613 g/mol. The number of primary amides is 1. The van der Waals surface area contributed by atoms with Crippen LogP contribution < -0.4 is 11.5 Å². The van der Waals surface area contributed by atoms with Crippen LogP contribution in [0.3, 0.4) is 0 Å². The maximum Gasteiger partial charge on any atom is 0.279 e. The molecule has 9 heteroatoms. The Bertz CT molecular complexity index is 605. The van der Waals surface area contributed by atoms with Gasteiger partial charge in [-0.05, 0) is 67.8 Å². The van der Waals surface area contributed by atoms with Gasteiger partial charge in [-0.15, -0.1) is 6.58 Å². The molecule has 0 spiro atoms. The number of hydroxylamine groups is 2. The summed E-state index contributed by atoms with van der Waals surface area (Å²) in [7, 11) is 0. The van der Waals surface area contributed by atoms with Crippen molar-refractivity contribution in [3.05, 3.63) is 34.5 Å². The van der Waals surface area contributed by atoms with Crippen molar-refractivity contribution in [1.82, 2.24) is 5.06 Å². The van der Waals surface area contributed by atoms with E-state index in [1.165, 1.54) is 6.08 Å². The minimum absolute atomic E-state index is 0.0389. The van der Waals surface area contributed by atoms with Crippen LogP contribution in [0.2, 0.25) is 0 Å². The third-order valence-corrected chi connectivity index (χ3v) is 5.67. The van der Waals surface area contributed by atoms with E-state index in [2.05, 4.69) is 6.58 Å². The third-order valence-electron chi connectivity index (χ3n) is 2.35. The molecule has 2 amide bonds. The molecular weight excluding hydrogens is 603 g/mol. The Morgan fingerprint density at radius 1 is 1.20 bits per heavy atom. The van der Waals surface area contributed by atoms with Gasteiger partial charge in [0.1, 0.15) is 0 Å². The van der Waals surface area contributed by atoms with Gasteiger partial charge in [-0.1, -0.05) is 6.08 Å². The molecule has 0 aliphatic carbocycles. The zero-order chi connectivity index (χ0) is 15.6. The Kier molecular flexibility index (Phi) is 6.46. The van der Waals surface area contributed by atoms with Crippen molar-refractivity contribution in [3.8, 4) is 0 Å². The highest BCUT2D eigenvalue weighted by Crippen LogP contribution is 2.34. The Hall–Kier alpha value is -0.150. The largest absolute Gasteiger partial charge is 0.397 e. The fourth-order valence-electron chi connectivity index (χ4n) is 1.42.